The summed E-state index contributed by atoms with van der Waals surface area (Å²) in [5.41, 5.74) is 2.96. The van der Waals surface area contributed by atoms with Gasteiger partial charge in [-0.25, -0.2) is 4.98 Å². The first-order valence-corrected chi connectivity index (χ1v) is 7.67. The van der Waals surface area contributed by atoms with Crippen molar-refractivity contribution in [2.45, 2.75) is 52.1 Å². The number of fused-ring (bicyclic) bond motifs is 1. The molecule has 0 saturated carbocycles. The molecule has 1 aromatic carbocycles. The molecule has 0 aliphatic carbocycles. The average molecular weight is 308 g/mol. The van der Waals surface area contributed by atoms with E-state index in [1.807, 2.05) is 57.4 Å². The fourth-order valence-electron chi connectivity index (χ4n) is 2.44. The maximum atomic E-state index is 12.3. The molecule has 2 aromatic rings. The third kappa shape index (κ3) is 3.21. The molecule has 2 unspecified atom stereocenters. The van der Waals surface area contributed by atoms with Gasteiger partial charge in [-0.3, -0.25) is 4.79 Å². The van der Waals surface area contributed by atoms with Crippen molar-refractivity contribution in [3.8, 4) is 0 Å². The molecule has 2 rings (SSSR count). The van der Waals surface area contributed by atoms with Crippen molar-refractivity contribution in [1.82, 2.24) is 14.9 Å². The minimum atomic E-state index is -0.351. The molecule has 4 nitrogen and oxygen atoms in total. The van der Waals surface area contributed by atoms with Gasteiger partial charge in [0.05, 0.1) is 16.4 Å². The minimum Gasteiger partial charge on any atom is -0.352 e. The first kappa shape index (κ1) is 15.8. The van der Waals surface area contributed by atoms with Crippen LogP contribution in [0.5, 0.6) is 0 Å². The highest BCUT2D eigenvalue weighted by Crippen LogP contribution is 2.28. The fourth-order valence-corrected chi connectivity index (χ4v) is 2.59. The molecule has 5 heteroatoms. The van der Waals surface area contributed by atoms with Crippen LogP contribution in [0.2, 0.25) is 0 Å². The molecule has 1 amide bonds. The van der Waals surface area contributed by atoms with Crippen molar-refractivity contribution < 1.29 is 4.79 Å². The number of halogens is 1. The Bertz CT molecular complexity index is 661. The van der Waals surface area contributed by atoms with Crippen molar-refractivity contribution in [1.29, 1.82) is 0 Å². The molecule has 1 N–H and O–H groups in total. The quantitative estimate of drug-likeness (QED) is 0.875. The largest absolute Gasteiger partial charge is 0.352 e. The van der Waals surface area contributed by atoms with E-state index in [4.69, 9.17) is 11.6 Å². The van der Waals surface area contributed by atoms with Gasteiger partial charge in [-0.2, -0.15) is 0 Å². The monoisotopic (exact) mass is 307 g/mol. The lowest BCUT2D eigenvalue weighted by molar-refractivity contribution is -0.124. The summed E-state index contributed by atoms with van der Waals surface area (Å²) < 4.78 is 1.93. The molecule has 2 atom stereocenters. The van der Waals surface area contributed by atoms with Gasteiger partial charge < -0.3 is 9.88 Å². The highest BCUT2D eigenvalue weighted by atomic mass is 35.5. The van der Waals surface area contributed by atoms with Crippen LogP contribution in [0.15, 0.2) is 18.2 Å². The molecule has 1 heterocycles. The van der Waals surface area contributed by atoms with Gasteiger partial charge in [-0.1, -0.05) is 6.07 Å². The summed E-state index contributed by atoms with van der Waals surface area (Å²) in [6.07, 6.45) is 0. The summed E-state index contributed by atoms with van der Waals surface area (Å²) >= 11 is 6.26. The van der Waals surface area contributed by atoms with Gasteiger partial charge in [-0.15, -0.1) is 11.6 Å². The Morgan fingerprint density at radius 3 is 2.52 bits per heavy atom. The van der Waals surface area contributed by atoms with Crippen molar-refractivity contribution in [3.63, 3.8) is 0 Å². The second-order valence-electron chi connectivity index (χ2n) is 5.79. The number of carbonyl (C=O) groups excluding carboxylic acids is 1. The van der Waals surface area contributed by atoms with Gasteiger partial charge in [0.25, 0.3) is 0 Å². The van der Waals surface area contributed by atoms with Crippen LogP contribution < -0.4 is 5.32 Å². The molecule has 0 fully saturated rings. The molecule has 0 aliphatic heterocycles. The number of hydrogen-bond donors (Lipinski definition) is 1. The smallest absolute Gasteiger partial charge is 0.243 e. The number of rotatable bonds is 4. The summed E-state index contributed by atoms with van der Waals surface area (Å²) in [4.78, 5) is 16.9. The van der Waals surface area contributed by atoms with Crippen LogP contribution in [-0.4, -0.2) is 21.5 Å². The number of carbonyl (C=O) groups is 1. The maximum absolute atomic E-state index is 12.3. The first-order valence-electron chi connectivity index (χ1n) is 7.24. The highest BCUT2D eigenvalue weighted by Gasteiger charge is 2.23. The number of amides is 1. The molecular weight excluding hydrogens is 286 g/mol. The molecule has 0 saturated heterocycles. The fraction of sp³-hybridized carbons (Fsp3) is 0.500. The van der Waals surface area contributed by atoms with Crippen molar-refractivity contribution >= 4 is 28.5 Å². The Balaban J connectivity index is 2.54. The van der Waals surface area contributed by atoms with E-state index in [1.165, 1.54) is 0 Å². The van der Waals surface area contributed by atoms with Crippen LogP contribution in [0.4, 0.5) is 0 Å². The standard InChI is InChI=1S/C16H22ClN3O/c1-9(2)18-16(21)12(5)20-14-7-6-10(3)8-13(14)19-15(20)11(4)17/h6-9,11-12H,1-5H3,(H,18,21). The lowest BCUT2D eigenvalue weighted by atomic mass is 10.2. The van der Waals surface area contributed by atoms with Gasteiger partial charge in [-0.05, 0) is 52.3 Å². The van der Waals surface area contributed by atoms with E-state index >= 15 is 0 Å². The summed E-state index contributed by atoms with van der Waals surface area (Å²) in [5, 5.41) is 2.68. The van der Waals surface area contributed by atoms with Crippen molar-refractivity contribution in [2.75, 3.05) is 0 Å². The number of alkyl halides is 1. The lowest BCUT2D eigenvalue weighted by Crippen LogP contribution is -2.36. The number of aromatic nitrogens is 2. The van der Waals surface area contributed by atoms with E-state index in [9.17, 15) is 4.79 Å². The minimum absolute atomic E-state index is 0.0246. The summed E-state index contributed by atoms with van der Waals surface area (Å²) in [5.74, 6) is 0.701. The predicted octanol–water partition coefficient (Wildman–Crippen LogP) is 3.73. The average Bonchev–Trinajstić information content (AvgIpc) is 2.75. The number of benzene rings is 1. The van der Waals surface area contributed by atoms with Crippen LogP contribution in [0.3, 0.4) is 0 Å². The van der Waals surface area contributed by atoms with E-state index in [1.54, 1.807) is 0 Å². The van der Waals surface area contributed by atoms with Gasteiger partial charge >= 0.3 is 0 Å². The first-order chi connectivity index (χ1) is 9.81. The topological polar surface area (TPSA) is 46.9 Å². The third-order valence-corrected chi connectivity index (χ3v) is 3.62. The molecule has 21 heavy (non-hydrogen) atoms. The van der Waals surface area contributed by atoms with Gasteiger partial charge in [0.15, 0.2) is 0 Å². The number of hydrogen-bond acceptors (Lipinski definition) is 2. The second kappa shape index (κ2) is 6.06. The normalized spacial score (nSPS) is 14.4. The summed E-state index contributed by atoms with van der Waals surface area (Å²) in [6.45, 7) is 9.67. The summed E-state index contributed by atoms with van der Waals surface area (Å²) in [6, 6.07) is 5.79. The van der Waals surface area contributed by atoms with Crippen LogP contribution in [0.25, 0.3) is 11.0 Å². The Hall–Kier alpha value is -1.55. The van der Waals surface area contributed by atoms with E-state index in [-0.39, 0.29) is 23.4 Å². The number of nitrogens with one attached hydrogen (secondary N) is 1. The Morgan fingerprint density at radius 1 is 1.29 bits per heavy atom. The number of nitrogens with zero attached hydrogens (tertiary/aromatic N) is 2. The predicted molar refractivity (Wildman–Crippen MR) is 86.7 cm³/mol. The van der Waals surface area contributed by atoms with Crippen LogP contribution in [0.1, 0.15) is 50.5 Å². The molecule has 114 valence electrons. The molecule has 0 radical (unpaired) electrons. The zero-order chi connectivity index (χ0) is 15.7. The number of aryl methyl sites for hydroxylation is 1. The zero-order valence-electron chi connectivity index (χ0n) is 13.1. The Morgan fingerprint density at radius 2 is 1.95 bits per heavy atom. The molecule has 0 spiro atoms. The van der Waals surface area contributed by atoms with Crippen LogP contribution in [-0.2, 0) is 4.79 Å². The Kier molecular flexibility index (Phi) is 4.57. The van der Waals surface area contributed by atoms with E-state index < -0.39 is 0 Å². The van der Waals surface area contributed by atoms with Gasteiger partial charge in [0, 0.05) is 6.04 Å². The molecular formula is C16H22ClN3O. The van der Waals surface area contributed by atoms with E-state index in [0.29, 0.717) is 0 Å². The van der Waals surface area contributed by atoms with Crippen molar-refractivity contribution in [2.24, 2.45) is 0 Å². The van der Waals surface area contributed by atoms with Gasteiger partial charge in [0.2, 0.25) is 5.91 Å². The highest BCUT2D eigenvalue weighted by molar-refractivity contribution is 6.20. The second-order valence-corrected chi connectivity index (χ2v) is 6.44. The van der Waals surface area contributed by atoms with E-state index in [2.05, 4.69) is 10.3 Å². The lowest BCUT2D eigenvalue weighted by Gasteiger charge is -2.19. The van der Waals surface area contributed by atoms with E-state index in [0.717, 1.165) is 22.4 Å². The SMILES string of the molecule is Cc1ccc2c(c1)nc(C(C)Cl)n2C(C)C(=O)NC(C)C. The number of imidazole rings is 1. The van der Waals surface area contributed by atoms with Crippen LogP contribution in [0, 0.1) is 6.92 Å². The molecule has 0 bridgehead atoms. The van der Waals surface area contributed by atoms with Gasteiger partial charge in [0.1, 0.15) is 11.9 Å². The van der Waals surface area contributed by atoms with Crippen molar-refractivity contribution in [3.05, 3.63) is 29.6 Å². The Labute approximate surface area is 130 Å². The zero-order valence-corrected chi connectivity index (χ0v) is 13.9. The summed E-state index contributed by atoms with van der Waals surface area (Å²) in [7, 11) is 0. The molecule has 1 aromatic heterocycles. The van der Waals surface area contributed by atoms with Crippen LogP contribution >= 0.6 is 11.6 Å². The third-order valence-electron chi connectivity index (χ3n) is 3.43. The maximum Gasteiger partial charge on any atom is 0.243 e. The molecule has 0 aliphatic rings.